The first-order chi connectivity index (χ1) is 9.28. The van der Waals surface area contributed by atoms with Crippen molar-refractivity contribution in [1.82, 2.24) is 0 Å². The van der Waals surface area contributed by atoms with Crippen LogP contribution in [0.4, 0.5) is 0 Å². The van der Waals surface area contributed by atoms with Gasteiger partial charge in [-0.25, -0.2) is 4.79 Å². The lowest BCUT2D eigenvalue weighted by Crippen LogP contribution is -2.51. The van der Waals surface area contributed by atoms with Gasteiger partial charge in [0.2, 0.25) is 0 Å². The first kappa shape index (κ1) is 15.6. The molecule has 2 aliphatic rings. The highest BCUT2D eigenvalue weighted by molar-refractivity contribution is 5.87. The summed E-state index contributed by atoms with van der Waals surface area (Å²) in [4.78, 5) is 12.2. The number of hydrogen-bond donors (Lipinski definition) is 0. The van der Waals surface area contributed by atoms with Crippen LogP contribution in [-0.4, -0.2) is 11.6 Å². The Balaban J connectivity index is 2.32. The molecule has 2 nitrogen and oxygen atoms in total. The van der Waals surface area contributed by atoms with Crippen molar-refractivity contribution in [2.45, 2.75) is 78.2 Å². The minimum absolute atomic E-state index is 0.0690. The maximum atomic E-state index is 12.2. The number of rotatable bonds is 3. The summed E-state index contributed by atoms with van der Waals surface area (Å²) in [6.07, 6.45) is 8.47. The van der Waals surface area contributed by atoms with Gasteiger partial charge in [-0.3, -0.25) is 0 Å². The molecule has 0 aromatic rings. The molecule has 2 aliphatic carbocycles. The Hall–Kier alpha value is -0.790. The third-order valence-electron chi connectivity index (χ3n) is 5.54. The van der Waals surface area contributed by atoms with Gasteiger partial charge in [0.15, 0.2) is 0 Å². The molecule has 0 aromatic heterocycles. The summed E-state index contributed by atoms with van der Waals surface area (Å²) in [7, 11) is 0. The zero-order chi connectivity index (χ0) is 15.0. The summed E-state index contributed by atoms with van der Waals surface area (Å²) >= 11 is 0. The van der Waals surface area contributed by atoms with Crippen LogP contribution >= 0.6 is 0 Å². The maximum absolute atomic E-state index is 12.2. The second-order valence-electron chi connectivity index (χ2n) is 7.79. The van der Waals surface area contributed by atoms with Gasteiger partial charge >= 0.3 is 5.97 Å². The van der Waals surface area contributed by atoms with Crippen LogP contribution in [0.1, 0.15) is 72.6 Å². The van der Waals surface area contributed by atoms with E-state index >= 15 is 0 Å². The molecule has 0 spiro atoms. The first-order valence-electron chi connectivity index (χ1n) is 8.17. The molecule has 2 unspecified atom stereocenters. The van der Waals surface area contributed by atoms with Crippen molar-refractivity contribution in [3.63, 3.8) is 0 Å². The molecule has 114 valence electrons. The Morgan fingerprint density at radius 3 is 2.20 bits per heavy atom. The van der Waals surface area contributed by atoms with Gasteiger partial charge in [-0.1, -0.05) is 46.6 Å². The van der Waals surface area contributed by atoms with Crippen LogP contribution in [-0.2, 0) is 9.53 Å². The molecule has 0 N–H and O–H groups in total. The molecule has 2 atom stereocenters. The first-order valence-corrected chi connectivity index (χ1v) is 8.17. The highest BCUT2D eigenvalue weighted by atomic mass is 16.6. The standard InChI is InChI=1S/C18H30O2/c1-13(2)16(19)20-18(15-9-7-6-8-10-15)12-14(3)11-17(18,4)5/h14-15H,1,6-12H2,2-5H3. The van der Waals surface area contributed by atoms with Gasteiger partial charge in [0.05, 0.1) is 0 Å². The highest BCUT2D eigenvalue weighted by Gasteiger charge is 2.58. The van der Waals surface area contributed by atoms with E-state index in [0.29, 0.717) is 17.4 Å². The lowest BCUT2D eigenvalue weighted by Gasteiger charge is -2.47. The second-order valence-corrected chi connectivity index (χ2v) is 7.79. The molecule has 0 aliphatic heterocycles. The Labute approximate surface area is 124 Å². The highest BCUT2D eigenvalue weighted by Crippen LogP contribution is 2.57. The third-order valence-corrected chi connectivity index (χ3v) is 5.54. The fraction of sp³-hybridized carbons (Fsp3) is 0.833. The van der Waals surface area contributed by atoms with E-state index < -0.39 is 0 Å². The maximum Gasteiger partial charge on any atom is 0.333 e. The minimum atomic E-state index is -0.275. The van der Waals surface area contributed by atoms with Crippen molar-refractivity contribution >= 4 is 5.97 Å². The van der Waals surface area contributed by atoms with Crippen molar-refractivity contribution in [2.24, 2.45) is 17.3 Å². The summed E-state index contributed by atoms with van der Waals surface area (Å²) in [6, 6.07) is 0. The van der Waals surface area contributed by atoms with Crippen molar-refractivity contribution in [2.75, 3.05) is 0 Å². The van der Waals surface area contributed by atoms with Crippen LogP contribution in [0.15, 0.2) is 12.2 Å². The SMILES string of the molecule is C=C(C)C(=O)OC1(C2CCCCC2)CC(C)CC1(C)C. The van der Waals surface area contributed by atoms with E-state index in [-0.39, 0.29) is 17.0 Å². The lowest BCUT2D eigenvalue weighted by molar-refractivity contribution is -0.179. The van der Waals surface area contributed by atoms with E-state index in [1.807, 2.05) is 0 Å². The molecule has 0 heterocycles. The molecule has 2 saturated carbocycles. The normalized spacial score (nSPS) is 33.9. The smallest absolute Gasteiger partial charge is 0.333 e. The molecule has 2 fully saturated rings. The second kappa shape index (κ2) is 5.54. The Morgan fingerprint density at radius 2 is 1.75 bits per heavy atom. The Bertz CT molecular complexity index is 390. The monoisotopic (exact) mass is 278 g/mol. The van der Waals surface area contributed by atoms with E-state index in [9.17, 15) is 4.79 Å². The van der Waals surface area contributed by atoms with Crippen LogP contribution in [0.25, 0.3) is 0 Å². The predicted octanol–water partition coefficient (Wildman–Crippen LogP) is 4.88. The quantitative estimate of drug-likeness (QED) is 0.543. The fourth-order valence-electron chi connectivity index (χ4n) is 4.71. The van der Waals surface area contributed by atoms with E-state index in [4.69, 9.17) is 4.74 Å². The van der Waals surface area contributed by atoms with Crippen LogP contribution in [0.3, 0.4) is 0 Å². The van der Waals surface area contributed by atoms with E-state index in [2.05, 4.69) is 27.4 Å². The van der Waals surface area contributed by atoms with Crippen LogP contribution in [0.5, 0.6) is 0 Å². The van der Waals surface area contributed by atoms with E-state index in [1.54, 1.807) is 6.92 Å². The number of carbonyl (C=O) groups is 1. The molecule has 0 bridgehead atoms. The molecule has 0 saturated heterocycles. The average Bonchev–Trinajstić information content (AvgIpc) is 2.60. The van der Waals surface area contributed by atoms with Gasteiger partial charge in [-0.2, -0.15) is 0 Å². The zero-order valence-electron chi connectivity index (χ0n) is 13.6. The predicted molar refractivity (Wildman–Crippen MR) is 82.4 cm³/mol. The molecule has 20 heavy (non-hydrogen) atoms. The Kier molecular flexibility index (Phi) is 4.32. The average molecular weight is 278 g/mol. The van der Waals surface area contributed by atoms with Crippen LogP contribution in [0.2, 0.25) is 0 Å². The van der Waals surface area contributed by atoms with Gasteiger partial charge in [-0.15, -0.1) is 0 Å². The fourth-order valence-corrected chi connectivity index (χ4v) is 4.71. The van der Waals surface area contributed by atoms with Crippen molar-refractivity contribution < 1.29 is 9.53 Å². The molecule has 2 rings (SSSR count). The number of carbonyl (C=O) groups excluding carboxylic acids is 1. The van der Waals surface area contributed by atoms with E-state index in [0.717, 1.165) is 12.8 Å². The summed E-state index contributed by atoms with van der Waals surface area (Å²) in [5, 5.41) is 0. The van der Waals surface area contributed by atoms with Gasteiger partial charge in [0.1, 0.15) is 5.60 Å². The number of ether oxygens (including phenoxy) is 1. The van der Waals surface area contributed by atoms with Crippen molar-refractivity contribution in [3.05, 3.63) is 12.2 Å². The largest absolute Gasteiger partial charge is 0.455 e. The van der Waals surface area contributed by atoms with Gasteiger partial charge < -0.3 is 4.74 Å². The summed E-state index contributed by atoms with van der Waals surface area (Å²) in [6.45, 7) is 12.4. The molecule has 0 radical (unpaired) electrons. The third kappa shape index (κ3) is 2.66. The van der Waals surface area contributed by atoms with Crippen molar-refractivity contribution in [3.8, 4) is 0 Å². The summed E-state index contributed by atoms with van der Waals surface area (Å²) in [5.74, 6) is 0.960. The summed E-state index contributed by atoms with van der Waals surface area (Å²) in [5.41, 5.74) is 0.318. The molecule has 0 amide bonds. The molecular formula is C18H30O2. The molecular weight excluding hydrogens is 248 g/mol. The number of esters is 1. The van der Waals surface area contributed by atoms with Crippen molar-refractivity contribution in [1.29, 1.82) is 0 Å². The topological polar surface area (TPSA) is 26.3 Å². The Morgan fingerprint density at radius 1 is 1.15 bits per heavy atom. The van der Waals surface area contributed by atoms with Gasteiger partial charge in [-0.05, 0) is 44.4 Å². The lowest BCUT2D eigenvalue weighted by atomic mass is 9.65. The minimum Gasteiger partial charge on any atom is -0.455 e. The number of hydrogen-bond acceptors (Lipinski definition) is 2. The van der Waals surface area contributed by atoms with Gasteiger partial charge in [0.25, 0.3) is 0 Å². The molecule has 0 aromatic carbocycles. The summed E-state index contributed by atoms with van der Waals surface area (Å²) < 4.78 is 6.15. The van der Waals surface area contributed by atoms with Gasteiger partial charge in [0, 0.05) is 11.0 Å². The van der Waals surface area contributed by atoms with Crippen LogP contribution < -0.4 is 0 Å². The molecule has 2 heteroatoms. The van der Waals surface area contributed by atoms with E-state index in [1.165, 1.54) is 32.1 Å². The zero-order valence-corrected chi connectivity index (χ0v) is 13.6. The van der Waals surface area contributed by atoms with Crippen LogP contribution in [0, 0.1) is 17.3 Å².